The van der Waals surface area contributed by atoms with Gasteiger partial charge in [-0.2, -0.15) is 0 Å². The van der Waals surface area contributed by atoms with Crippen LogP contribution in [0.25, 0.3) is 0 Å². The lowest BCUT2D eigenvalue weighted by molar-refractivity contribution is 0.103. The first-order valence-corrected chi connectivity index (χ1v) is 7.24. The Hall–Kier alpha value is -1.75. The minimum Gasteiger partial charge on any atom is -0.494 e. The summed E-state index contributed by atoms with van der Waals surface area (Å²) in [5.41, 5.74) is -0.348. The van der Waals surface area contributed by atoms with Gasteiger partial charge in [-0.1, -0.05) is 22.9 Å². The number of benzene rings is 2. The number of carbonyl (C=O) groups excluding carboxylic acids is 1. The van der Waals surface area contributed by atoms with Gasteiger partial charge in [0, 0.05) is 10.0 Å². The van der Waals surface area contributed by atoms with Gasteiger partial charge in [-0.15, -0.1) is 0 Å². The van der Waals surface area contributed by atoms with Gasteiger partial charge in [-0.05, 0) is 42.8 Å². The number of hydrogen-bond acceptors (Lipinski definition) is 2. The summed E-state index contributed by atoms with van der Waals surface area (Å²) < 4.78 is 33.2. The molecule has 2 aromatic carbocycles. The fourth-order valence-electron chi connectivity index (χ4n) is 1.83. The van der Waals surface area contributed by atoms with Crippen LogP contribution in [0.15, 0.2) is 40.9 Å². The summed E-state index contributed by atoms with van der Waals surface area (Å²) in [6, 6.07) is 8.34. The molecule has 0 bridgehead atoms. The summed E-state index contributed by atoms with van der Waals surface area (Å²) in [7, 11) is 0. The normalized spacial score (nSPS) is 10.5. The zero-order valence-electron chi connectivity index (χ0n) is 11.3. The van der Waals surface area contributed by atoms with Gasteiger partial charge < -0.3 is 4.74 Å². The van der Waals surface area contributed by atoms with Crippen molar-refractivity contribution in [1.29, 1.82) is 0 Å². The Labute approximate surface area is 129 Å². The molecule has 0 unspecified atom stereocenters. The Morgan fingerprint density at radius 1 is 1.14 bits per heavy atom. The molecule has 0 aliphatic carbocycles. The molecule has 2 aromatic rings. The van der Waals surface area contributed by atoms with Gasteiger partial charge in [0.25, 0.3) is 0 Å². The Bertz CT molecular complexity index is 631. The number of ketones is 1. The molecule has 0 fully saturated rings. The lowest BCUT2D eigenvalue weighted by atomic mass is 10.0. The number of carbonyl (C=O) groups is 1. The topological polar surface area (TPSA) is 26.3 Å². The van der Waals surface area contributed by atoms with E-state index in [0.29, 0.717) is 12.4 Å². The average Bonchev–Trinajstić information content (AvgIpc) is 2.44. The fraction of sp³-hybridized carbons (Fsp3) is 0.188. The number of halogens is 3. The van der Waals surface area contributed by atoms with Crippen LogP contribution in [0.2, 0.25) is 0 Å². The summed E-state index contributed by atoms with van der Waals surface area (Å²) in [5.74, 6) is -1.86. The van der Waals surface area contributed by atoms with Crippen molar-refractivity contribution >= 4 is 21.7 Å². The lowest BCUT2D eigenvalue weighted by Gasteiger charge is -2.07. The van der Waals surface area contributed by atoms with Crippen LogP contribution in [-0.2, 0) is 0 Å². The summed E-state index contributed by atoms with van der Waals surface area (Å²) in [6.45, 7) is 2.56. The van der Waals surface area contributed by atoms with Crippen LogP contribution in [0, 0.1) is 11.6 Å². The first-order chi connectivity index (χ1) is 10.0. The fourth-order valence-corrected chi connectivity index (χ4v) is 2.23. The van der Waals surface area contributed by atoms with E-state index in [2.05, 4.69) is 15.9 Å². The third kappa shape index (κ3) is 3.67. The molecular formula is C16H13BrF2O2. The van der Waals surface area contributed by atoms with E-state index in [1.165, 1.54) is 12.1 Å². The molecule has 0 aliphatic heterocycles. The summed E-state index contributed by atoms with van der Waals surface area (Å²) in [5, 5.41) is 0. The second-order valence-electron chi connectivity index (χ2n) is 4.45. The van der Waals surface area contributed by atoms with Gasteiger partial charge in [0.15, 0.2) is 5.78 Å². The van der Waals surface area contributed by atoms with Crippen LogP contribution in [0.4, 0.5) is 8.78 Å². The molecule has 0 aliphatic rings. The van der Waals surface area contributed by atoms with E-state index >= 15 is 0 Å². The molecule has 5 heteroatoms. The van der Waals surface area contributed by atoms with Crippen molar-refractivity contribution in [3.05, 3.63) is 63.6 Å². The van der Waals surface area contributed by atoms with E-state index in [1.807, 2.05) is 6.92 Å². The Kier molecular flexibility index (Phi) is 5.07. The molecule has 110 valence electrons. The summed E-state index contributed by atoms with van der Waals surface area (Å²) >= 11 is 2.98. The molecule has 0 radical (unpaired) electrons. The van der Waals surface area contributed by atoms with E-state index in [-0.39, 0.29) is 10.0 Å². The predicted molar refractivity (Wildman–Crippen MR) is 79.7 cm³/mol. The molecule has 0 atom stereocenters. The largest absolute Gasteiger partial charge is 0.494 e. The first-order valence-electron chi connectivity index (χ1n) is 6.45. The van der Waals surface area contributed by atoms with Crippen molar-refractivity contribution in [3.8, 4) is 5.75 Å². The molecule has 0 spiro atoms. The van der Waals surface area contributed by atoms with Gasteiger partial charge in [-0.25, -0.2) is 8.78 Å². The van der Waals surface area contributed by atoms with E-state index in [1.54, 1.807) is 12.1 Å². The van der Waals surface area contributed by atoms with Gasteiger partial charge in [0.1, 0.15) is 17.4 Å². The van der Waals surface area contributed by atoms with Gasteiger partial charge >= 0.3 is 0 Å². The van der Waals surface area contributed by atoms with Crippen molar-refractivity contribution < 1.29 is 18.3 Å². The maximum atomic E-state index is 13.8. The lowest BCUT2D eigenvalue weighted by Crippen LogP contribution is -2.07. The molecule has 2 rings (SSSR count). The van der Waals surface area contributed by atoms with Crippen LogP contribution in [0.1, 0.15) is 29.3 Å². The van der Waals surface area contributed by atoms with Crippen molar-refractivity contribution in [2.75, 3.05) is 6.61 Å². The molecule has 0 aromatic heterocycles. The monoisotopic (exact) mass is 354 g/mol. The number of rotatable bonds is 5. The minimum absolute atomic E-state index is 0.207. The molecule has 0 amide bonds. The second kappa shape index (κ2) is 6.80. The van der Waals surface area contributed by atoms with E-state index in [0.717, 1.165) is 18.6 Å². The first kappa shape index (κ1) is 15.6. The van der Waals surface area contributed by atoms with Gasteiger partial charge in [-0.3, -0.25) is 4.79 Å². The molecule has 0 saturated carbocycles. The van der Waals surface area contributed by atoms with Crippen molar-refractivity contribution in [2.45, 2.75) is 13.3 Å². The van der Waals surface area contributed by atoms with Crippen LogP contribution in [0.3, 0.4) is 0 Å². The van der Waals surface area contributed by atoms with Crippen molar-refractivity contribution in [3.63, 3.8) is 0 Å². The Balaban J connectivity index is 2.28. The minimum atomic E-state index is -0.891. The quantitative estimate of drug-likeness (QED) is 0.724. The zero-order valence-corrected chi connectivity index (χ0v) is 12.9. The zero-order chi connectivity index (χ0) is 15.4. The van der Waals surface area contributed by atoms with E-state index in [4.69, 9.17) is 4.74 Å². The Morgan fingerprint density at radius 3 is 2.24 bits per heavy atom. The number of hydrogen-bond donors (Lipinski definition) is 0. The molecule has 0 N–H and O–H groups in total. The number of ether oxygens (including phenoxy) is 1. The highest BCUT2D eigenvalue weighted by molar-refractivity contribution is 9.10. The highest BCUT2D eigenvalue weighted by Crippen LogP contribution is 2.23. The van der Waals surface area contributed by atoms with Gasteiger partial charge in [0.05, 0.1) is 12.2 Å². The van der Waals surface area contributed by atoms with Crippen LogP contribution >= 0.6 is 15.9 Å². The maximum Gasteiger partial charge on any atom is 0.198 e. The van der Waals surface area contributed by atoms with Crippen LogP contribution in [0.5, 0.6) is 5.75 Å². The highest BCUT2D eigenvalue weighted by atomic mass is 79.9. The van der Waals surface area contributed by atoms with Crippen molar-refractivity contribution in [1.82, 2.24) is 0 Å². The van der Waals surface area contributed by atoms with Crippen LogP contribution < -0.4 is 4.74 Å². The van der Waals surface area contributed by atoms with E-state index in [9.17, 15) is 13.6 Å². The second-order valence-corrected chi connectivity index (χ2v) is 5.36. The predicted octanol–water partition coefficient (Wildman–Crippen LogP) is 4.75. The standard InChI is InChI=1S/C16H13BrF2O2/c1-2-7-21-12-5-3-10(4-6-12)16(20)15-13(18)8-11(17)9-14(15)19/h3-6,8-9H,2,7H2,1H3. The molecular weight excluding hydrogens is 342 g/mol. The maximum absolute atomic E-state index is 13.8. The van der Waals surface area contributed by atoms with Gasteiger partial charge in [0.2, 0.25) is 0 Å². The van der Waals surface area contributed by atoms with Crippen LogP contribution in [-0.4, -0.2) is 12.4 Å². The summed E-state index contributed by atoms with van der Waals surface area (Å²) in [6.07, 6.45) is 0.871. The molecule has 2 nitrogen and oxygen atoms in total. The molecule has 21 heavy (non-hydrogen) atoms. The SMILES string of the molecule is CCCOc1ccc(C(=O)c2c(F)cc(Br)cc2F)cc1. The average molecular weight is 355 g/mol. The smallest absolute Gasteiger partial charge is 0.198 e. The third-order valence-electron chi connectivity index (χ3n) is 2.82. The molecule has 0 saturated heterocycles. The van der Waals surface area contributed by atoms with E-state index < -0.39 is 23.0 Å². The van der Waals surface area contributed by atoms with Crippen molar-refractivity contribution in [2.24, 2.45) is 0 Å². The third-order valence-corrected chi connectivity index (χ3v) is 3.28. The molecule has 0 heterocycles. The summed E-state index contributed by atoms with van der Waals surface area (Å²) in [4.78, 5) is 12.2. The highest BCUT2D eigenvalue weighted by Gasteiger charge is 2.19. The Morgan fingerprint density at radius 2 is 1.71 bits per heavy atom.